The molecule has 1 unspecified atom stereocenters. The van der Waals surface area contributed by atoms with Gasteiger partial charge in [-0.25, -0.2) is 0 Å². The van der Waals surface area contributed by atoms with Crippen LogP contribution in [0.25, 0.3) is 0 Å². The van der Waals surface area contributed by atoms with Crippen LogP contribution in [-0.2, 0) is 0 Å². The van der Waals surface area contributed by atoms with Gasteiger partial charge >= 0.3 is 23.9 Å². The van der Waals surface area contributed by atoms with Crippen molar-refractivity contribution in [1.29, 1.82) is 0 Å². The second-order valence-corrected chi connectivity index (χ2v) is 7.23. The second kappa shape index (κ2) is 8.31. The Morgan fingerprint density at radius 2 is 1.39 bits per heavy atom. The fourth-order valence-corrected chi connectivity index (χ4v) is 3.30. The van der Waals surface area contributed by atoms with Crippen LogP contribution in [0, 0.1) is 5.92 Å². The maximum absolute atomic E-state index is 14.2. The van der Waals surface area contributed by atoms with Gasteiger partial charge in [0.2, 0.25) is 0 Å². The van der Waals surface area contributed by atoms with Gasteiger partial charge in [-0.15, -0.1) is 0 Å². The van der Waals surface area contributed by atoms with Crippen LogP contribution in [0.15, 0.2) is 35.9 Å². The number of ketones is 2. The summed E-state index contributed by atoms with van der Waals surface area (Å²) in [7, 11) is 0. The Morgan fingerprint density at radius 1 is 0.839 bits per heavy atom. The summed E-state index contributed by atoms with van der Waals surface area (Å²) in [6, 6.07) is 5.26. The number of Topliss-reactive ketones (excluding diaryl/α,β-unsaturated/α-hetero) is 1. The zero-order chi connectivity index (χ0) is 23.8. The van der Waals surface area contributed by atoms with E-state index in [1.54, 1.807) is 6.92 Å². The van der Waals surface area contributed by atoms with Crippen molar-refractivity contribution in [3.8, 4) is 0 Å². The highest BCUT2D eigenvalue weighted by Crippen LogP contribution is 2.55. The Labute approximate surface area is 171 Å². The third-order valence-corrected chi connectivity index (χ3v) is 5.04. The maximum Gasteiger partial charge on any atom is 0.460 e. The zero-order valence-corrected chi connectivity index (χ0v) is 16.0. The Kier molecular flexibility index (Phi) is 6.68. The third-order valence-electron chi connectivity index (χ3n) is 5.04. The van der Waals surface area contributed by atoms with Crippen LogP contribution >= 0.6 is 0 Å². The molecule has 0 bridgehead atoms. The van der Waals surface area contributed by atoms with E-state index >= 15 is 0 Å². The number of allylic oxidation sites excluding steroid dienone is 2. The van der Waals surface area contributed by atoms with Crippen molar-refractivity contribution in [3.05, 3.63) is 47.0 Å². The predicted octanol–water partition coefficient (Wildman–Crippen LogP) is 6.66. The lowest BCUT2D eigenvalue weighted by Gasteiger charge is -2.36. The van der Waals surface area contributed by atoms with Crippen LogP contribution < -0.4 is 0 Å². The molecule has 11 heteroatoms. The molecule has 1 aliphatic rings. The van der Waals surface area contributed by atoms with Crippen molar-refractivity contribution >= 4 is 11.6 Å². The molecule has 0 heterocycles. The van der Waals surface area contributed by atoms with E-state index in [4.69, 9.17) is 0 Å². The van der Waals surface area contributed by atoms with Gasteiger partial charge in [0.15, 0.2) is 11.6 Å². The highest BCUT2D eigenvalue weighted by Gasteiger charge is 2.81. The highest BCUT2D eigenvalue weighted by molar-refractivity contribution is 6.24. The van der Waals surface area contributed by atoms with Crippen LogP contribution in [-0.4, -0.2) is 35.5 Å². The molecular weight excluding hydrogens is 443 g/mol. The van der Waals surface area contributed by atoms with Crippen molar-refractivity contribution in [3.63, 3.8) is 0 Å². The summed E-state index contributed by atoms with van der Waals surface area (Å²) >= 11 is 0. The van der Waals surface area contributed by atoms with Crippen molar-refractivity contribution in [2.75, 3.05) is 0 Å². The van der Waals surface area contributed by atoms with E-state index in [0.717, 1.165) is 0 Å². The molecule has 1 aliphatic carbocycles. The lowest BCUT2D eigenvalue weighted by atomic mass is 9.78. The monoisotopic (exact) mass is 460 g/mol. The molecule has 2 rings (SSSR count). The molecule has 0 aromatic heterocycles. The van der Waals surface area contributed by atoms with Gasteiger partial charge in [-0.2, -0.15) is 39.5 Å². The van der Waals surface area contributed by atoms with Gasteiger partial charge in [0, 0.05) is 23.1 Å². The number of hydrogen-bond acceptors (Lipinski definition) is 2. The average molecular weight is 460 g/mol. The summed E-state index contributed by atoms with van der Waals surface area (Å²) in [6.45, 7) is 1.58. The molecule has 1 aromatic carbocycles. The number of benzene rings is 1. The van der Waals surface area contributed by atoms with Gasteiger partial charge in [0.1, 0.15) is 0 Å². The number of hydrogen-bond donors (Lipinski definition) is 0. The van der Waals surface area contributed by atoms with Gasteiger partial charge in [0.25, 0.3) is 0 Å². The van der Waals surface area contributed by atoms with E-state index in [1.807, 2.05) is 0 Å². The highest BCUT2D eigenvalue weighted by atomic mass is 19.4. The summed E-state index contributed by atoms with van der Waals surface area (Å²) in [4.78, 5) is 24.9. The minimum atomic E-state index is -7.01. The van der Waals surface area contributed by atoms with Crippen molar-refractivity contribution in [2.45, 2.75) is 56.6 Å². The summed E-state index contributed by atoms with van der Waals surface area (Å²) in [5.74, 6) is -23.2. The number of alkyl halides is 9. The van der Waals surface area contributed by atoms with Gasteiger partial charge in [-0.05, 0) is 18.4 Å². The van der Waals surface area contributed by atoms with E-state index < -0.39 is 59.8 Å². The maximum atomic E-state index is 14.2. The van der Waals surface area contributed by atoms with Crippen molar-refractivity contribution in [1.82, 2.24) is 0 Å². The minimum Gasteiger partial charge on any atom is -0.289 e. The standard InChI is InChI=1S/C20H17F9O2/c1-2-3-6-11(10-17(21,22)18(23,24)19(25,26)20(27,28)29)14-9-15(30)12-7-4-5-8-13(12)16(14)31/h4-5,7-9,11H,2-3,6,10H2,1H3. The molecule has 0 saturated heterocycles. The van der Waals surface area contributed by atoms with E-state index in [2.05, 4.69) is 0 Å². The first-order chi connectivity index (χ1) is 14.1. The summed E-state index contributed by atoms with van der Waals surface area (Å²) < 4.78 is 119. The van der Waals surface area contributed by atoms with E-state index in [0.29, 0.717) is 12.5 Å². The Bertz CT molecular complexity index is 885. The van der Waals surface area contributed by atoms with Gasteiger partial charge in [-0.3, -0.25) is 9.59 Å². The molecule has 0 aliphatic heterocycles. The minimum absolute atomic E-state index is 0.0637. The molecule has 0 radical (unpaired) electrons. The van der Waals surface area contributed by atoms with Crippen molar-refractivity contribution in [2.24, 2.45) is 5.92 Å². The number of carbonyl (C=O) groups excluding carboxylic acids is 2. The molecule has 0 amide bonds. The Hall–Kier alpha value is -2.33. The first-order valence-electron chi connectivity index (χ1n) is 9.18. The largest absolute Gasteiger partial charge is 0.460 e. The molecule has 2 nitrogen and oxygen atoms in total. The molecule has 0 spiro atoms. The number of fused-ring (bicyclic) bond motifs is 1. The molecule has 31 heavy (non-hydrogen) atoms. The smallest absolute Gasteiger partial charge is 0.289 e. The van der Waals surface area contributed by atoms with Crippen molar-refractivity contribution < 1.29 is 49.1 Å². The number of carbonyl (C=O) groups is 2. The fraction of sp³-hybridized carbons (Fsp3) is 0.500. The number of rotatable bonds is 8. The quantitative estimate of drug-likeness (QED) is 0.407. The molecule has 172 valence electrons. The SMILES string of the molecule is CCCCC(CC(F)(F)C(F)(F)C(F)(F)C(F)(F)F)C1=CC(=O)c2ccccc2C1=O. The fourth-order valence-electron chi connectivity index (χ4n) is 3.30. The lowest BCUT2D eigenvalue weighted by molar-refractivity contribution is -0.397. The van der Waals surface area contributed by atoms with Crippen LogP contribution in [0.4, 0.5) is 39.5 Å². The predicted molar refractivity (Wildman–Crippen MR) is 91.7 cm³/mol. The molecule has 0 saturated carbocycles. The lowest BCUT2D eigenvalue weighted by Crippen LogP contribution is -2.61. The molecular formula is C20H17F9O2. The molecule has 0 N–H and O–H groups in total. The first kappa shape index (κ1) is 24.9. The number of halogens is 9. The first-order valence-corrected chi connectivity index (χ1v) is 9.18. The van der Waals surface area contributed by atoms with Crippen LogP contribution in [0.1, 0.15) is 53.3 Å². The number of unbranched alkanes of at least 4 members (excludes halogenated alkanes) is 1. The van der Waals surface area contributed by atoms with Gasteiger partial charge in [-0.1, -0.05) is 44.0 Å². The second-order valence-electron chi connectivity index (χ2n) is 7.23. The van der Waals surface area contributed by atoms with Crippen LogP contribution in [0.5, 0.6) is 0 Å². The third kappa shape index (κ3) is 4.36. The van der Waals surface area contributed by atoms with E-state index in [-0.39, 0.29) is 17.5 Å². The van der Waals surface area contributed by atoms with Crippen LogP contribution in [0.3, 0.4) is 0 Å². The van der Waals surface area contributed by atoms with Crippen LogP contribution in [0.2, 0.25) is 0 Å². The van der Waals surface area contributed by atoms with E-state index in [9.17, 15) is 49.1 Å². The molecule has 1 atom stereocenters. The van der Waals surface area contributed by atoms with E-state index in [1.165, 1.54) is 24.3 Å². The molecule has 0 fully saturated rings. The average Bonchev–Trinajstić information content (AvgIpc) is 2.66. The normalized spacial score (nSPS) is 16.8. The summed E-state index contributed by atoms with van der Waals surface area (Å²) in [6.07, 6.45) is -8.44. The molecule has 1 aromatic rings. The van der Waals surface area contributed by atoms with Gasteiger partial charge < -0.3 is 0 Å². The zero-order valence-electron chi connectivity index (χ0n) is 16.0. The topological polar surface area (TPSA) is 34.1 Å². The van der Waals surface area contributed by atoms with Gasteiger partial charge in [0.05, 0.1) is 0 Å². The Balaban J connectivity index is 2.46. The summed E-state index contributed by atoms with van der Waals surface area (Å²) in [5, 5.41) is 0. The Morgan fingerprint density at radius 3 is 1.90 bits per heavy atom. The summed E-state index contributed by atoms with van der Waals surface area (Å²) in [5.41, 5.74) is -0.878.